The molecule has 0 bridgehead atoms. The molecular formula is C26H23ClFN7O3. The molecule has 0 aliphatic carbocycles. The third-order valence-corrected chi connectivity index (χ3v) is 6.04. The van der Waals surface area contributed by atoms with Gasteiger partial charge in [0.15, 0.2) is 11.5 Å². The largest absolute Gasteiger partial charge is 0.493 e. The van der Waals surface area contributed by atoms with Gasteiger partial charge in [-0.25, -0.2) is 23.9 Å². The lowest BCUT2D eigenvalue weighted by Gasteiger charge is -2.15. The molecule has 3 aromatic carbocycles. The molecule has 10 nitrogen and oxygen atoms in total. The Labute approximate surface area is 222 Å². The normalized spacial score (nSPS) is 10.9. The molecule has 5 rings (SSSR count). The minimum atomic E-state index is -0.400. The molecular weight excluding hydrogens is 513 g/mol. The molecule has 0 radical (unpaired) electrons. The van der Waals surface area contributed by atoms with Crippen LogP contribution in [0.4, 0.5) is 22.0 Å². The standard InChI is InChI=1S/C26H23ClFN7O3/c1-36-21-11-17(12-22(37-2)23(21)38-3)32-24-30-14-31-26(34-24)35-20-7-5-4-6-19(20)33-25(35)29-13-15-8-9-16(28)10-18(15)27/h4-12,14H,13H2,1-3H3,(H,29,33)(H,30,31,32,34). The molecule has 0 aliphatic rings. The van der Waals surface area contributed by atoms with Gasteiger partial charge in [-0.15, -0.1) is 0 Å². The van der Waals surface area contributed by atoms with Crippen LogP contribution in [0.2, 0.25) is 5.02 Å². The predicted molar refractivity (Wildman–Crippen MR) is 143 cm³/mol. The summed E-state index contributed by atoms with van der Waals surface area (Å²) in [5.41, 5.74) is 2.86. The Hall–Kier alpha value is -4.64. The van der Waals surface area contributed by atoms with Crippen molar-refractivity contribution in [1.29, 1.82) is 0 Å². The number of halogens is 2. The second-order valence-corrected chi connectivity index (χ2v) is 8.40. The van der Waals surface area contributed by atoms with Gasteiger partial charge in [0.25, 0.3) is 0 Å². The van der Waals surface area contributed by atoms with E-state index >= 15 is 0 Å². The van der Waals surface area contributed by atoms with Crippen LogP contribution in [0.5, 0.6) is 17.2 Å². The Balaban J connectivity index is 1.50. The Morgan fingerprint density at radius 3 is 2.39 bits per heavy atom. The summed E-state index contributed by atoms with van der Waals surface area (Å²) in [5, 5.41) is 6.74. The number of hydrogen-bond donors (Lipinski definition) is 2. The maximum absolute atomic E-state index is 13.5. The number of fused-ring (bicyclic) bond motifs is 1. The molecule has 38 heavy (non-hydrogen) atoms. The SMILES string of the molecule is COc1cc(Nc2ncnc(-n3c(NCc4ccc(F)cc4Cl)nc4ccccc43)n2)cc(OC)c1OC. The van der Waals surface area contributed by atoms with Crippen LogP contribution >= 0.6 is 11.6 Å². The summed E-state index contributed by atoms with van der Waals surface area (Å²) in [6.07, 6.45) is 1.40. The molecule has 0 saturated carbocycles. The van der Waals surface area contributed by atoms with Crippen molar-refractivity contribution >= 4 is 40.2 Å². The molecule has 5 aromatic rings. The molecule has 0 unspecified atom stereocenters. The quantitative estimate of drug-likeness (QED) is 0.257. The number of nitrogens with one attached hydrogen (secondary N) is 2. The molecule has 0 saturated heterocycles. The molecule has 2 heterocycles. The maximum atomic E-state index is 13.5. The Bertz CT molecular complexity index is 1590. The molecule has 0 aliphatic heterocycles. The van der Waals surface area contributed by atoms with Crippen molar-refractivity contribution in [1.82, 2.24) is 24.5 Å². The van der Waals surface area contributed by atoms with E-state index in [-0.39, 0.29) is 5.95 Å². The van der Waals surface area contributed by atoms with Gasteiger partial charge in [-0.3, -0.25) is 0 Å². The van der Waals surface area contributed by atoms with Crippen LogP contribution < -0.4 is 24.8 Å². The summed E-state index contributed by atoms with van der Waals surface area (Å²) in [5.74, 6) is 2.13. The number of rotatable bonds is 9. The van der Waals surface area contributed by atoms with Crippen LogP contribution in [-0.2, 0) is 6.54 Å². The lowest BCUT2D eigenvalue weighted by Crippen LogP contribution is -2.10. The van der Waals surface area contributed by atoms with Gasteiger partial charge < -0.3 is 24.8 Å². The van der Waals surface area contributed by atoms with Crippen molar-refractivity contribution in [3.05, 3.63) is 77.3 Å². The Morgan fingerprint density at radius 2 is 1.68 bits per heavy atom. The third kappa shape index (κ3) is 4.96. The molecule has 0 atom stereocenters. The molecule has 2 aromatic heterocycles. The van der Waals surface area contributed by atoms with Crippen LogP contribution in [0, 0.1) is 5.82 Å². The van der Waals surface area contributed by atoms with E-state index in [1.165, 1.54) is 25.6 Å². The predicted octanol–water partition coefficient (Wildman–Crippen LogP) is 5.38. The number of nitrogens with zero attached hydrogens (tertiary/aromatic N) is 5. The summed E-state index contributed by atoms with van der Waals surface area (Å²) in [7, 11) is 4.62. The smallest absolute Gasteiger partial charge is 0.241 e. The molecule has 0 spiro atoms. The zero-order valence-corrected chi connectivity index (χ0v) is 21.5. The zero-order chi connectivity index (χ0) is 26.6. The lowest BCUT2D eigenvalue weighted by molar-refractivity contribution is 0.324. The monoisotopic (exact) mass is 535 g/mol. The van der Waals surface area contributed by atoms with Gasteiger partial charge in [0.1, 0.15) is 12.1 Å². The molecule has 194 valence electrons. The highest BCUT2D eigenvalue weighted by Crippen LogP contribution is 2.40. The van der Waals surface area contributed by atoms with E-state index in [0.717, 1.165) is 11.0 Å². The van der Waals surface area contributed by atoms with Gasteiger partial charge >= 0.3 is 0 Å². The minimum Gasteiger partial charge on any atom is -0.493 e. The molecule has 0 fully saturated rings. The number of anilines is 3. The highest BCUT2D eigenvalue weighted by atomic mass is 35.5. The number of imidazole rings is 1. The summed E-state index contributed by atoms with van der Waals surface area (Å²) in [4.78, 5) is 18.0. The first-order valence-electron chi connectivity index (χ1n) is 11.4. The second-order valence-electron chi connectivity index (χ2n) is 8.00. The average molecular weight is 536 g/mol. The van der Waals surface area contributed by atoms with E-state index in [0.29, 0.717) is 52.0 Å². The zero-order valence-electron chi connectivity index (χ0n) is 20.7. The van der Waals surface area contributed by atoms with Crippen molar-refractivity contribution in [2.45, 2.75) is 6.54 Å². The van der Waals surface area contributed by atoms with E-state index < -0.39 is 5.82 Å². The first kappa shape index (κ1) is 25.0. The van der Waals surface area contributed by atoms with Crippen LogP contribution in [0.25, 0.3) is 17.0 Å². The van der Waals surface area contributed by atoms with E-state index in [4.69, 9.17) is 30.8 Å². The average Bonchev–Trinajstić information content (AvgIpc) is 3.30. The maximum Gasteiger partial charge on any atom is 0.241 e. The van der Waals surface area contributed by atoms with E-state index in [2.05, 4.69) is 25.6 Å². The van der Waals surface area contributed by atoms with E-state index in [1.807, 2.05) is 24.3 Å². The number of benzene rings is 3. The highest BCUT2D eigenvalue weighted by molar-refractivity contribution is 6.31. The van der Waals surface area contributed by atoms with Gasteiger partial charge in [0.05, 0.1) is 32.4 Å². The molecule has 12 heteroatoms. The van der Waals surface area contributed by atoms with Gasteiger partial charge in [-0.1, -0.05) is 29.8 Å². The van der Waals surface area contributed by atoms with Gasteiger partial charge in [0, 0.05) is 29.4 Å². The Kier molecular flexibility index (Phi) is 7.09. The van der Waals surface area contributed by atoms with E-state index in [9.17, 15) is 4.39 Å². The number of hydrogen-bond acceptors (Lipinski definition) is 9. The number of ether oxygens (including phenoxy) is 3. The fourth-order valence-electron chi connectivity index (χ4n) is 3.92. The lowest BCUT2D eigenvalue weighted by atomic mass is 10.2. The summed E-state index contributed by atoms with van der Waals surface area (Å²) in [6, 6.07) is 15.3. The first-order chi connectivity index (χ1) is 18.5. The second kappa shape index (κ2) is 10.8. The van der Waals surface area contributed by atoms with Gasteiger partial charge in [-0.2, -0.15) is 4.98 Å². The number of methoxy groups -OCH3 is 3. The van der Waals surface area contributed by atoms with Crippen LogP contribution in [0.15, 0.2) is 60.9 Å². The third-order valence-electron chi connectivity index (χ3n) is 5.69. The minimum absolute atomic E-state index is 0.287. The molecule has 2 N–H and O–H groups in total. The van der Waals surface area contributed by atoms with E-state index in [1.54, 1.807) is 37.0 Å². The first-order valence-corrected chi connectivity index (χ1v) is 11.8. The Morgan fingerprint density at radius 1 is 0.921 bits per heavy atom. The fraction of sp³-hybridized carbons (Fsp3) is 0.154. The van der Waals surface area contributed by atoms with Crippen molar-refractivity contribution in [2.24, 2.45) is 0 Å². The topological polar surface area (TPSA) is 108 Å². The highest BCUT2D eigenvalue weighted by Gasteiger charge is 2.17. The van der Waals surface area contributed by atoms with Crippen LogP contribution in [0.1, 0.15) is 5.56 Å². The van der Waals surface area contributed by atoms with Crippen molar-refractivity contribution in [3.63, 3.8) is 0 Å². The summed E-state index contributed by atoms with van der Waals surface area (Å²) in [6.45, 7) is 0.310. The fourth-order valence-corrected chi connectivity index (χ4v) is 4.16. The van der Waals surface area contributed by atoms with Gasteiger partial charge in [0.2, 0.25) is 23.6 Å². The van der Waals surface area contributed by atoms with Crippen LogP contribution in [0.3, 0.4) is 0 Å². The number of para-hydroxylation sites is 2. The van der Waals surface area contributed by atoms with Crippen molar-refractivity contribution in [3.8, 4) is 23.2 Å². The van der Waals surface area contributed by atoms with Crippen LogP contribution in [-0.4, -0.2) is 45.8 Å². The van der Waals surface area contributed by atoms with Gasteiger partial charge in [-0.05, 0) is 29.8 Å². The van der Waals surface area contributed by atoms with Crippen molar-refractivity contribution in [2.75, 3.05) is 32.0 Å². The molecule has 0 amide bonds. The van der Waals surface area contributed by atoms with Crippen molar-refractivity contribution < 1.29 is 18.6 Å². The summed E-state index contributed by atoms with van der Waals surface area (Å²) < 4.78 is 31.5. The number of aromatic nitrogens is 5. The summed E-state index contributed by atoms with van der Waals surface area (Å²) >= 11 is 6.22.